The minimum atomic E-state index is -0.740. The van der Waals surface area contributed by atoms with Gasteiger partial charge in [0.15, 0.2) is 0 Å². The SMILES string of the molecule is CC(C)COc1cccc(C(=O)N(C)C(C)C(O)c2ccccc2)c1. The first-order chi connectivity index (χ1) is 11.9. The topological polar surface area (TPSA) is 49.8 Å². The summed E-state index contributed by atoms with van der Waals surface area (Å²) in [7, 11) is 1.71. The highest BCUT2D eigenvalue weighted by molar-refractivity contribution is 5.94. The maximum absolute atomic E-state index is 12.8. The van der Waals surface area contributed by atoms with Gasteiger partial charge in [-0.3, -0.25) is 4.79 Å². The minimum absolute atomic E-state index is 0.141. The first-order valence-electron chi connectivity index (χ1n) is 8.63. The third-order valence-corrected chi connectivity index (χ3v) is 4.19. The quantitative estimate of drug-likeness (QED) is 0.830. The summed E-state index contributed by atoms with van der Waals surface area (Å²) < 4.78 is 5.70. The molecule has 2 atom stereocenters. The number of likely N-dealkylation sites (N-methyl/N-ethyl adjacent to an activating group) is 1. The lowest BCUT2D eigenvalue weighted by atomic mass is 10.0. The number of hydrogen-bond acceptors (Lipinski definition) is 3. The first kappa shape index (κ1) is 19.0. The van der Waals surface area contributed by atoms with Crippen LogP contribution < -0.4 is 4.74 Å². The monoisotopic (exact) mass is 341 g/mol. The molecule has 0 aromatic heterocycles. The van der Waals surface area contributed by atoms with E-state index >= 15 is 0 Å². The van der Waals surface area contributed by atoms with Gasteiger partial charge in [-0.2, -0.15) is 0 Å². The van der Waals surface area contributed by atoms with Gasteiger partial charge in [0.2, 0.25) is 0 Å². The second-order valence-corrected chi connectivity index (χ2v) is 6.74. The molecule has 1 amide bonds. The summed E-state index contributed by atoms with van der Waals surface area (Å²) in [5.41, 5.74) is 1.35. The van der Waals surface area contributed by atoms with E-state index in [-0.39, 0.29) is 11.9 Å². The Morgan fingerprint density at radius 1 is 1.08 bits per heavy atom. The smallest absolute Gasteiger partial charge is 0.254 e. The van der Waals surface area contributed by atoms with Gasteiger partial charge in [-0.25, -0.2) is 0 Å². The van der Waals surface area contributed by atoms with Crippen molar-refractivity contribution in [1.82, 2.24) is 4.90 Å². The normalized spacial score (nSPS) is 13.4. The summed E-state index contributed by atoms with van der Waals surface area (Å²) in [6.07, 6.45) is -0.740. The van der Waals surface area contributed by atoms with E-state index in [1.165, 1.54) is 0 Å². The molecule has 2 aromatic carbocycles. The maximum Gasteiger partial charge on any atom is 0.254 e. The molecule has 4 nitrogen and oxygen atoms in total. The first-order valence-corrected chi connectivity index (χ1v) is 8.63. The highest BCUT2D eigenvalue weighted by Crippen LogP contribution is 2.22. The van der Waals surface area contributed by atoms with E-state index in [4.69, 9.17) is 4.74 Å². The van der Waals surface area contributed by atoms with Gasteiger partial charge in [0.25, 0.3) is 5.91 Å². The van der Waals surface area contributed by atoms with Crippen LogP contribution in [0.5, 0.6) is 5.75 Å². The van der Waals surface area contributed by atoms with Crippen molar-refractivity contribution in [2.24, 2.45) is 5.92 Å². The summed E-state index contributed by atoms with van der Waals surface area (Å²) in [4.78, 5) is 14.3. The Morgan fingerprint density at radius 2 is 1.76 bits per heavy atom. The Labute approximate surface area is 150 Å². The molecule has 0 spiro atoms. The van der Waals surface area contributed by atoms with Crippen LogP contribution in [0.25, 0.3) is 0 Å². The van der Waals surface area contributed by atoms with Crippen LogP contribution in [0, 0.1) is 5.92 Å². The number of aliphatic hydroxyl groups is 1. The predicted molar refractivity (Wildman–Crippen MR) is 99.7 cm³/mol. The molecule has 1 N–H and O–H groups in total. The number of nitrogens with zero attached hydrogens (tertiary/aromatic N) is 1. The zero-order valence-corrected chi connectivity index (χ0v) is 15.3. The molecule has 0 aliphatic rings. The molecular weight excluding hydrogens is 314 g/mol. The third-order valence-electron chi connectivity index (χ3n) is 4.19. The Balaban J connectivity index is 2.09. The Morgan fingerprint density at radius 3 is 2.40 bits per heavy atom. The van der Waals surface area contributed by atoms with E-state index in [2.05, 4.69) is 13.8 Å². The number of carbonyl (C=O) groups is 1. The van der Waals surface area contributed by atoms with Crippen molar-refractivity contribution in [1.29, 1.82) is 0 Å². The lowest BCUT2D eigenvalue weighted by Crippen LogP contribution is -2.39. The van der Waals surface area contributed by atoms with E-state index in [0.717, 1.165) is 5.56 Å². The van der Waals surface area contributed by atoms with Crippen LogP contribution in [0.3, 0.4) is 0 Å². The largest absolute Gasteiger partial charge is 0.493 e. The second-order valence-electron chi connectivity index (χ2n) is 6.74. The lowest BCUT2D eigenvalue weighted by molar-refractivity contribution is 0.0486. The van der Waals surface area contributed by atoms with Crippen molar-refractivity contribution in [3.8, 4) is 5.75 Å². The molecule has 25 heavy (non-hydrogen) atoms. The molecule has 2 rings (SSSR count). The Hall–Kier alpha value is -2.33. The van der Waals surface area contributed by atoms with Crippen LogP contribution in [0.2, 0.25) is 0 Å². The molecule has 2 unspecified atom stereocenters. The van der Waals surface area contributed by atoms with Crippen LogP contribution >= 0.6 is 0 Å². The van der Waals surface area contributed by atoms with E-state index in [0.29, 0.717) is 23.8 Å². The van der Waals surface area contributed by atoms with Crippen molar-refractivity contribution in [3.05, 3.63) is 65.7 Å². The van der Waals surface area contributed by atoms with Crippen LogP contribution in [0.1, 0.15) is 42.8 Å². The molecule has 0 bridgehead atoms. The van der Waals surface area contributed by atoms with Gasteiger partial charge in [0, 0.05) is 12.6 Å². The fourth-order valence-corrected chi connectivity index (χ4v) is 2.51. The molecule has 4 heteroatoms. The summed E-state index contributed by atoms with van der Waals surface area (Å²) in [6, 6.07) is 16.2. The summed E-state index contributed by atoms with van der Waals surface area (Å²) >= 11 is 0. The fourth-order valence-electron chi connectivity index (χ4n) is 2.51. The van der Waals surface area contributed by atoms with Gasteiger partial charge in [0.05, 0.1) is 18.8 Å². The second kappa shape index (κ2) is 8.67. The van der Waals surface area contributed by atoms with E-state index in [1.54, 1.807) is 24.1 Å². The number of amides is 1. The van der Waals surface area contributed by atoms with Crippen molar-refractivity contribution in [3.63, 3.8) is 0 Å². The average molecular weight is 341 g/mol. The minimum Gasteiger partial charge on any atom is -0.493 e. The number of benzene rings is 2. The standard InChI is InChI=1S/C21H27NO3/c1-15(2)14-25-19-12-8-11-18(13-19)21(24)22(4)16(3)20(23)17-9-6-5-7-10-17/h5-13,15-16,20,23H,14H2,1-4H3. The predicted octanol–water partition coefficient (Wildman–Crippen LogP) is 3.92. The van der Waals surface area contributed by atoms with Gasteiger partial charge in [-0.05, 0) is 36.6 Å². The molecule has 0 saturated heterocycles. The van der Waals surface area contributed by atoms with E-state index in [9.17, 15) is 9.90 Å². The van der Waals surface area contributed by atoms with Gasteiger partial charge >= 0.3 is 0 Å². The molecular formula is C21H27NO3. The molecule has 0 radical (unpaired) electrons. The molecule has 0 heterocycles. The van der Waals surface area contributed by atoms with Gasteiger partial charge in [-0.15, -0.1) is 0 Å². The van der Waals surface area contributed by atoms with Crippen molar-refractivity contribution >= 4 is 5.91 Å². The Kier molecular flexibility index (Phi) is 6.59. The zero-order chi connectivity index (χ0) is 18.4. The summed E-state index contributed by atoms with van der Waals surface area (Å²) in [6.45, 7) is 6.61. The van der Waals surface area contributed by atoms with Gasteiger partial charge in [-0.1, -0.05) is 50.2 Å². The number of carbonyl (C=O) groups excluding carboxylic acids is 1. The number of hydrogen-bond donors (Lipinski definition) is 1. The van der Waals surface area contributed by atoms with Crippen molar-refractivity contribution in [2.45, 2.75) is 32.9 Å². The lowest BCUT2D eigenvalue weighted by Gasteiger charge is -2.29. The summed E-state index contributed by atoms with van der Waals surface area (Å²) in [5, 5.41) is 10.5. The van der Waals surface area contributed by atoms with Crippen LogP contribution in [-0.4, -0.2) is 35.6 Å². The number of ether oxygens (including phenoxy) is 1. The van der Waals surface area contributed by atoms with Crippen LogP contribution in [0.15, 0.2) is 54.6 Å². The molecule has 134 valence electrons. The molecule has 0 fully saturated rings. The fraction of sp³-hybridized carbons (Fsp3) is 0.381. The zero-order valence-electron chi connectivity index (χ0n) is 15.3. The highest BCUT2D eigenvalue weighted by Gasteiger charge is 2.25. The number of rotatable bonds is 7. The molecule has 0 saturated carbocycles. The number of aliphatic hydroxyl groups excluding tert-OH is 1. The average Bonchev–Trinajstić information content (AvgIpc) is 2.64. The van der Waals surface area contributed by atoms with Crippen molar-refractivity contribution < 1.29 is 14.6 Å². The molecule has 0 aliphatic carbocycles. The van der Waals surface area contributed by atoms with E-state index < -0.39 is 6.10 Å². The Bertz CT molecular complexity index is 685. The van der Waals surface area contributed by atoms with Crippen LogP contribution in [0.4, 0.5) is 0 Å². The van der Waals surface area contributed by atoms with E-state index in [1.807, 2.05) is 49.4 Å². The van der Waals surface area contributed by atoms with Crippen molar-refractivity contribution in [2.75, 3.05) is 13.7 Å². The maximum atomic E-state index is 12.8. The molecule has 2 aromatic rings. The van der Waals surface area contributed by atoms with Gasteiger partial charge < -0.3 is 14.7 Å². The molecule has 0 aliphatic heterocycles. The summed E-state index contributed by atoms with van der Waals surface area (Å²) in [5.74, 6) is 0.963. The van der Waals surface area contributed by atoms with Gasteiger partial charge in [0.1, 0.15) is 5.75 Å². The van der Waals surface area contributed by atoms with Crippen LogP contribution in [-0.2, 0) is 0 Å². The third kappa shape index (κ3) is 5.07. The highest BCUT2D eigenvalue weighted by atomic mass is 16.5.